The molecule has 0 spiro atoms. The Hall–Kier alpha value is -1.79. The number of hydrogen-bond acceptors (Lipinski definition) is 2. The van der Waals surface area contributed by atoms with Crippen molar-refractivity contribution in [3.63, 3.8) is 0 Å². The van der Waals surface area contributed by atoms with Gasteiger partial charge in [-0.1, -0.05) is 18.8 Å². The van der Waals surface area contributed by atoms with E-state index < -0.39 is 0 Å². The maximum Gasteiger partial charge on any atom is 0.224 e. The first-order chi connectivity index (χ1) is 7.76. The molecule has 0 radical (unpaired) electrons. The van der Waals surface area contributed by atoms with E-state index in [4.69, 9.17) is 5.73 Å². The van der Waals surface area contributed by atoms with Gasteiger partial charge in [-0.05, 0) is 30.7 Å². The molecule has 0 atom stereocenters. The summed E-state index contributed by atoms with van der Waals surface area (Å²) in [6, 6.07) is 7.41. The Morgan fingerprint density at radius 3 is 2.62 bits per heavy atom. The lowest BCUT2D eigenvalue weighted by Crippen LogP contribution is -2.10. The molecule has 0 aromatic heterocycles. The fourth-order valence-corrected chi connectivity index (χ4v) is 1.24. The molecule has 3 N–H and O–H groups in total. The molecule has 0 aliphatic heterocycles. The molecular weight excluding hydrogens is 200 g/mol. The zero-order valence-corrected chi connectivity index (χ0v) is 9.42. The highest BCUT2D eigenvalue weighted by atomic mass is 16.1. The zero-order chi connectivity index (χ0) is 11.8. The average molecular weight is 216 g/mol. The third kappa shape index (κ3) is 4.16. The first kappa shape index (κ1) is 12.3. The average Bonchev–Trinajstić information content (AvgIpc) is 2.28. The van der Waals surface area contributed by atoms with Crippen LogP contribution in [0.3, 0.4) is 0 Å². The van der Waals surface area contributed by atoms with E-state index in [-0.39, 0.29) is 5.91 Å². The molecule has 84 valence electrons. The molecule has 1 aromatic rings. The van der Waals surface area contributed by atoms with Crippen molar-refractivity contribution in [2.45, 2.75) is 19.8 Å². The molecule has 0 bridgehead atoms. The summed E-state index contributed by atoms with van der Waals surface area (Å²) in [5.74, 6) is 5.74. The van der Waals surface area contributed by atoms with Crippen LogP contribution < -0.4 is 11.1 Å². The van der Waals surface area contributed by atoms with Gasteiger partial charge < -0.3 is 11.1 Å². The Morgan fingerprint density at radius 1 is 1.38 bits per heavy atom. The van der Waals surface area contributed by atoms with Crippen LogP contribution in [0.15, 0.2) is 24.3 Å². The highest BCUT2D eigenvalue weighted by molar-refractivity contribution is 5.90. The quantitative estimate of drug-likeness (QED) is 0.756. The van der Waals surface area contributed by atoms with Crippen LogP contribution in [0, 0.1) is 11.8 Å². The zero-order valence-electron chi connectivity index (χ0n) is 9.42. The summed E-state index contributed by atoms with van der Waals surface area (Å²) < 4.78 is 0. The van der Waals surface area contributed by atoms with E-state index in [2.05, 4.69) is 17.2 Å². The van der Waals surface area contributed by atoms with Crippen LogP contribution >= 0.6 is 0 Å². The standard InChI is InChI=1S/C13H16N2O/c1-2-4-13(16)15-12-8-6-11(7-9-12)5-3-10-14/h6-9H,2,4,10,14H2,1H3,(H,15,16). The van der Waals surface area contributed by atoms with Crippen molar-refractivity contribution in [3.8, 4) is 11.8 Å². The molecule has 16 heavy (non-hydrogen) atoms. The van der Waals surface area contributed by atoms with Crippen LogP contribution in [0.25, 0.3) is 0 Å². The van der Waals surface area contributed by atoms with E-state index in [1.807, 2.05) is 31.2 Å². The first-order valence-corrected chi connectivity index (χ1v) is 5.35. The molecule has 0 fully saturated rings. The first-order valence-electron chi connectivity index (χ1n) is 5.35. The minimum absolute atomic E-state index is 0.0447. The topological polar surface area (TPSA) is 55.1 Å². The van der Waals surface area contributed by atoms with E-state index in [0.29, 0.717) is 13.0 Å². The number of rotatable bonds is 3. The highest BCUT2D eigenvalue weighted by Crippen LogP contribution is 2.09. The SMILES string of the molecule is CCCC(=O)Nc1ccc(C#CCN)cc1. The third-order valence-electron chi connectivity index (χ3n) is 1.98. The van der Waals surface area contributed by atoms with E-state index in [1.165, 1.54) is 0 Å². The molecule has 3 heteroatoms. The smallest absolute Gasteiger partial charge is 0.224 e. The number of nitrogens with two attached hydrogens (primary N) is 1. The number of anilines is 1. The predicted octanol–water partition coefficient (Wildman–Crippen LogP) is 1.74. The Labute approximate surface area is 96.0 Å². The largest absolute Gasteiger partial charge is 0.326 e. The van der Waals surface area contributed by atoms with Crippen molar-refractivity contribution in [1.82, 2.24) is 0 Å². The van der Waals surface area contributed by atoms with E-state index >= 15 is 0 Å². The minimum atomic E-state index is 0.0447. The predicted molar refractivity (Wildman–Crippen MR) is 65.9 cm³/mol. The Morgan fingerprint density at radius 2 is 2.06 bits per heavy atom. The summed E-state index contributed by atoms with van der Waals surface area (Å²) in [5.41, 5.74) is 6.98. The summed E-state index contributed by atoms with van der Waals surface area (Å²) in [7, 11) is 0. The van der Waals surface area contributed by atoms with Gasteiger partial charge in [0.15, 0.2) is 0 Å². The molecule has 1 amide bonds. The van der Waals surface area contributed by atoms with Crippen molar-refractivity contribution in [2.24, 2.45) is 5.73 Å². The Bertz CT molecular complexity index is 398. The van der Waals surface area contributed by atoms with Gasteiger partial charge in [0.1, 0.15) is 0 Å². The summed E-state index contributed by atoms with van der Waals surface area (Å²) >= 11 is 0. The molecule has 1 rings (SSSR count). The van der Waals surface area contributed by atoms with Crippen LogP contribution in [0.4, 0.5) is 5.69 Å². The number of carbonyl (C=O) groups excluding carboxylic acids is 1. The van der Waals surface area contributed by atoms with Gasteiger partial charge in [-0.25, -0.2) is 0 Å². The second-order valence-corrected chi connectivity index (χ2v) is 3.38. The van der Waals surface area contributed by atoms with Crippen molar-refractivity contribution in [3.05, 3.63) is 29.8 Å². The van der Waals surface area contributed by atoms with Crippen LogP contribution in [0.2, 0.25) is 0 Å². The van der Waals surface area contributed by atoms with Crippen LogP contribution in [-0.4, -0.2) is 12.5 Å². The maximum absolute atomic E-state index is 11.3. The van der Waals surface area contributed by atoms with Crippen molar-refractivity contribution in [1.29, 1.82) is 0 Å². The van der Waals surface area contributed by atoms with Gasteiger partial charge in [0.2, 0.25) is 5.91 Å². The van der Waals surface area contributed by atoms with Crippen molar-refractivity contribution in [2.75, 3.05) is 11.9 Å². The lowest BCUT2D eigenvalue weighted by atomic mass is 10.2. The summed E-state index contributed by atoms with van der Waals surface area (Å²) in [4.78, 5) is 11.3. The minimum Gasteiger partial charge on any atom is -0.326 e. The normalized spacial score (nSPS) is 9.12. The highest BCUT2D eigenvalue weighted by Gasteiger charge is 1.99. The van der Waals surface area contributed by atoms with E-state index in [0.717, 1.165) is 17.7 Å². The van der Waals surface area contributed by atoms with Crippen LogP contribution in [0.5, 0.6) is 0 Å². The van der Waals surface area contributed by atoms with Crippen molar-refractivity contribution >= 4 is 11.6 Å². The van der Waals surface area contributed by atoms with Gasteiger partial charge in [0.25, 0.3) is 0 Å². The van der Waals surface area contributed by atoms with Gasteiger partial charge in [-0.15, -0.1) is 0 Å². The van der Waals surface area contributed by atoms with Gasteiger partial charge >= 0.3 is 0 Å². The van der Waals surface area contributed by atoms with Crippen LogP contribution in [0.1, 0.15) is 25.3 Å². The molecule has 0 heterocycles. The van der Waals surface area contributed by atoms with Gasteiger partial charge in [0, 0.05) is 17.7 Å². The molecular formula is C13H16N2O. The Balaban J connectivity index is 2.61. The monoisotopic (exact) mass is 216 g/mol. The van der Waals surface area contributed by atoms with E-state index in [9.17, 15) is 4.79 Å². The fraction of sp³-hybridized carbons (Fsp3) is 0.308. The summed E-state index contributed by atoms with van der Waals surface area (Å²) in [6.07, 6.45) is 1.40. The molecule has 0 aliphatic carbocycles. The number of carbonyl (C=O) groups is 1. The lowest BCUT2D eigenvalue weighted by Gasteiger charge is -2.03. The number of amides is 1. The maximum atomic E-state index is 11.3. The second kappa shape index (κ2) is 6.65. The lowest BCUT2D eigenvalue weighted by molar-refractivity contribution is -0.116. The second-order valence-electron chi connectivity index (χ2n) is 3.38. The molecule has 0 aliphatic rings. The summed E-state index contributed by atoms with van der Waals surface area (Å²) in [5, 5.41) is 2.81. The molecule has 0 saturated heterocycles. The number of hydrogen-bond donors (Lipinski definition) is 2. The number of benzene rings is 1. The van der Waals surface area contributed by atoms with Gasteiger partial charge in [0.05, 0.1) is 6.54 Å². The molecule has 1 aromatic carbocycles. The van der Waals surface area contributed by atoms with Crippen LogP contribution in [-0.2, 0) is 4.79 Å². The summed E-state index contributed by atoms with van der Waals surface area (Å²) in [6.45, 7) is 2.33. The third-order valence-corrected chi connectivity index (χ3v) is 1.98. The van der Waals surface area contributed by atoms with Gasteiger partial charge in [-0.3, -0.25) is 4.79 Å². The van der Waals surface area contributed by atoms with E-state index in [1.54, 1.807) is 0 Å². The molecule has 3 nitrogen and oxygen atoms in total. The fourth-order valence-electron chi connectivity index (χ4n) is 1.24. The Kier molecular flexibility index (Phi) is 5.10. The van der Waals surface area contributed by atoms with Gasteiger partial charge in [-0.2, -0.15) is 0 Å². The molecule has 0 unspecified atom stereocenters. The molecule has 0 saturated carbocycles. The van der Waals surface area contributed by atoms with Crippen molar-refractivity contribution < 1.29 is 4.79 Å². The number of nitrogens with one attached hydrogen (secondary N) is 1.